The summed E-state index contributed by atoms with van der Waals surface area (Å²) in [6.45, 7) is 5.20. The molecule has 5 nitrogen and oxygen atoms in total. The Balaban J connectivity index is 1.97. The summed E-state index contributed by atoms with van der Waals surface area (Å²) in [5.41, 5.74) is 5.93. The smallest absolute Gasteiger partial charge is 0.220 e. The van der Waals surface area contributed by atoms with Crippen LogP contribution in [0.25, 0.3) is 0 Å². The van der Waals surface area contributed by atoms with Gasteiger partial charge in [-0.05, 0) is 39.0 Å². The van der Waals surface area contributed by atoms with Crippen LogP contribution in [0.2, 0.25) is 0 Å². The van der Waals surface area contributed by atoms with Crippen molar-refractivity contribution in [3.8, 4) is 0 Å². The predicted molar refractivity (Wildman–Crippen MR) is 104 cm³/mol. The van der Waals surface area contributed by atoms with E-state index in [0.717, 1.165) is 58.4 Å². The number of carbonyl (C=O) groups excluding carboxylic acids is 2. The lowest BCUT2D eigenvalue weighted by atomic mass is 9.77. The first-order valence-electron chi connectivity index (χ1n) is 10.6. The number of carbonyl (C=O) groups is 2. The summed E-state index contributed by atoms with van der Waals surface area (Å²) in [7, 11) is 0. The summed E-state index contributed by atoms with van der Waals surface area (Å²) >= 11 is 0. The molecule has 5 heteroatoms. The number of amides is 1. The van der Waals surface area contributed by atoms with Gasteiger partial charge in [0.2, 0.25) is 5.91 Å². The zero-order chi connectivity index (χ0) is 18.8. The maximum atomic E-state index is 12.2. The fourth-order valence-electron chi connectivity index (χ4n) is 4.82. The number of Topliss-reactive ketones (excluding diaryl/α,β-unsaturated/α-hetero) is 1. The van der Waals surface area contributed by atoms with Gasteiger partial charge in [0.05, 0.1) is 13.2 Å². The number of ether oxygens (including phenoxy) is 1. The van der Waals surface area contributed by atoms with Crippen molar-refractivity contribution in [1.82, 2.24) is 4.90 Å². The van der Waals surface area contributed by atoms with Crippen LogP contribution in [-0.2, 0) is 14.3 Å². The Morgan fingerprint density at radius 1 is 1.04 bits per heavy atom. The van der Waals surface area contributed by atoms with Gasteiger partial charge in [0.1, 0.15) is 5.78 Å². The van der Waals surface area contributed by atoms with E-state index in [4.69, 9.17) is 10.5 Å². The maximum absolute atomic E-state index is 12.2. The quantitative estimate of drug-likeness (QED) is 0.475. The second-order valence-corrected chi connectivity index (χ2v) is 8.34. The van der Waals surface area contributed by atoms with Crippen LogP contribution < -0.4 is 5.73 Å². The summed E-state index contributed by atoms with van der Waals surface area (Å²) in [6.07, 6.45) is 12.8. The number of morpholine rings is 1. The lowest BCUT2D eigenvalue weighted by Gasteiger charge is -2.47. The normalized spacial score (nSPS) is 22.5. The number of hydrogen-bond donors (Lipinski definition) is 1. The van der Waals surface area contributed by atoms with Gasteiger partial charge in [-0.3, -0.25) is 9.69 Å². The first-order chi connectivity index (χ1) is 12.5. The first kappa shape index (κ1) is 21.4. The van der Waals surface area contributed by atoms with E-state index < -0.39 is 0 Å². The summed E-state index contributed by atoms with van der Waals surface area (Å²) < 4.78 is 5.57. The van der Waals surface area contributed by atoms with Crippen LogP contribution in [0.3, 0.4) is 0 Å². The lowest BCUT2D eigenvalue weighted by molar-refractivity contribution is -0.124. The number of nitrogens with zero attached hydrogens (tertiary/aromatic N) is 1. The largest absolute Gasteiger partial charge is 0.379 e. The third-order valence-corrected chi connectivity index (χ3v) is 6.33. The molecular formula is C21H38N2O3. The molecule has 0 aromatic heterocycles. The van der Waals surface area contributed by atoms with Crippen molar-refractivity contribution in [2.45, 2.75) is 89.5 Å². The molecule has 0 bridgehead atoms. The van der Waals surface area contributed by atoms with Gasteiger partial charge in [0.15, 0.2) is 0 Å². The molecule has 2 N–H and O–H groups in total. The zero-order valence-corrected chi connectivity index (χ0v) is 16.6. The second-order valence-electron chi connectivity index (χ2n) is 8.34. The topological polar surface area (TPSA) is 72.6 Å². The van der Waals surface area contributed by atoms with Crippen molar-refractivity contribution in [2.24, 2.45) is 11.7 Å². The van der Waals surface area contributed by atoms with Crippen LogP contribution in [-0.4, -0.2) is 48.4 Å². The molecule has 26 heavy (non-hydrogen) atoms. The fourth-order valence-corrected chi connectivity index (χ4v) is 4.82. The van der Waals surface area contributed by atoms with E-state index in [1.165, 1.54) is 38.5 Å². The molecule has 1 saturated carbocycles. The number of primary amides is 1. The highest BCUT2D eigenvalue weighted by atomic mass is 16.5. The summed E-state index contributed by atoms with van der Waals surface area (Å²) in [6, 6.07) is 0. The maximum Gasteiger partial charge on any atom is 0.220 e. The Morgan fingerprint density at radius 3 is 2.27 bits per heavy atom. The molecule has 0 aromatic rings. The van der Waals surface area contributed by atoms with Crippen molar-refractivity contribution in [1.29, 1.82) is 0 Å². The minimum atomic E-state index is -0.145. The molecule has 1 aliphatic heterocycles. The van der Waals surface area contributed by atoms with Crippen LogP contribution in [0.15, 0.2) is 0 Å². The highest BCUT2D eigenvalue weighted by Crippen LogP contribution is 2.39. The van der Waals surface area contributed by atoms with Gasteiger partial charge >= 0.3 is 0 Å². The van der Waals surface area contributed by atoms with Gasteiger partial charge in [-0.25, -0.2) is 0 Å². The molecule has 1 aliphatic carbocycles. The Kier molecular flexibility index (Phi) is 9.06. The van der Waals surface area contributed by atoms with Crippen LogP contribution in [0, 0.1) is 5.92 Å². The third-order valence-electron chi connectivity index (χ3n) is 6.33. The molecule has 1 heterocycles. The van der Waals surface area contributed by atoms with E-state index in [0.29, 0.717) is 6.42 Å². The van der Waals surface area contributed by atoms with Gasteiger partial charge < -0.3 is 15.3 Å². The Bertz CT molecular complexity index is 439. The molecular weight excluding hydrogens is 328 g/mol. The van der Waals surface area contributed by atoms with E-state index in [1.54, 1.807) is 6.92 Å². The number of rotatable bonds is 10. The summed E-state index contributed by atoms with van der Waals surface area (Å²) in [5, 5.41) is 0. The minimum Gasteiger partial charge on any atom is -0.379 e. The molecule has 150 valence electrons. The van der Waals surface area contributed by atoms with E-state index in [9.17, 15) is 9.59 Å². The van der Waals surface area contributed by atoms with E-state index in [1.807, 2.05) is 0 Å². The molecule has 1 saturated heterocycles. The van der Waals surface area contributed by atoms with Gasteiger partial charge in [-0.1, -0.05) is 38.5 Å². The van der Waals surface area contributed by atoms with Crippen LogP contribution in [0.1, 0.15) is 84.0 Å². The monoisotopic (exact) mass is 366 g/mol. The molecule has 1 amide bonds. The van der Waals surface area contributed by atoms with Crippen molar-refractivity contribution >= 4 is 11.7 Å². The zero-order valence-electron chi connectivity index (χ0n) is 16.6. The predicted octanol–water partition coefficient (Wildman–Crippen LogP) is 3.44. The fraction of sp³-hybridized carbons (Fsp3) is 0.905. The molecule has 0 radical (unpaired) electrons. The molecule has 1 unspecified atom stereocenters. The summed E-state index contributed by atoms with van der Waals surface area (Å²) in [5.74, 6) is 0.0582. The Hall–Kier alpha value is -0.940. The van der Waals surface area contributed by atoms with E-state index in [2.05, 4.69) is 4.90 Å². The van der Waals surface area contributed by atoms with Crippen LogP contribution in [0.4, 0.5) is 0 Å². The van der Waals surface area contributed by atoms with Gasteiger partial charge in [-0.2, -0.15) is 0 Å². The van der Waals surface area contributed by atoms with Crippen molar-refractivity contribution in [3.63, 3.8) is 0 Å². The third kappa shape index (κ3) is 6.66. The van der Waals surface area contributed by atoms with E-state index in [-0.39, 0.29) is 23.1 Å². The Labute approximate surface area is 159 Å². The first-order valence-corrected chi connectivity index (χ1v) is 10.6. The number of nitrogens with two attached hydrogens (primary N) is 1. The molecule has 0 spiro atoms. The molecule has 2 rings (SSSR count). The average Bonchev–Trinajstić information content (AvgIpc) is 2.87. The molecule has 2 fully saturated rings. The SMILES string of the molecule is CC(=O)CCCCCC(CC1(N2CCOCC2)CCCCCC1)C(N)=O. The van der Waals surface area contributed by atoms with Crippen molar-refractivity contribution in [2.75, 3.05) is 26.3 Å². The van der Waals surface area contributed by atoms with Gasteiger partial charge in [0.25, 0.3) is 0 Å². The van der Waals surface area contributed by atoms with Crippen LogP contribution >= 0.6 is 0 Å². The standard InChI is InChI=1S/C21H38N2O3/c1-18(24)9-5-4-6-10-19(20(22)25)17-21(11-7-2-3-8-12-21)23-13-15-26-16-14-23/h19H,2-17H2,1H3,(H2,22,25). The van der Waals surface area contributed by atoms with Gasteiger partial charge in [-0.15, -0.1) is 0 Å². The minimum absolute atomic E-state index is 0.0479. The number of hydrogen-bond acceptors (Lipinski definition) is 4. The van der Waals surface area contributed by atoms with E-state index >= 15 is 0 Å². The number of ketones is 1. The molecule has 0 aromatic carbocycles. The molecule has 1 atom stereocenters. The van der Waals surface area contributed by atoms with Crippen molar-refractivity contribution in [3.05, 3.63) is 0 Å². The number of unbranched alkanes of at least 4 members (excludes halogenated alkanes) is 2. The Morgan fingerprint density at radius 2 is 1.69 bits per heavy atom. The molecule has 2 aliphatic rings. The van der Waals surface area contributed by atoms with Crippen LogP contribution in [0.5, 0.6) is 0 Å². The second kappa shape index (κ2) is 11.0. The van der Waals surface area contributed by atoms with Crippen molar-refractivity contribution < 1.29 is 14.3 Å². The highest BCUT2D eigenvalue weighted by Gasteiger charge is 2.40. The highest BCUT2D eigenvalue weighted by molar-refractivity contribution is 5.76. The summed E-state index contributed by atoms with van der Waals surface area (Å²) in [4.78, 5) is 25.9. The van der Waals surface area contributed by atoms with Gasteiger partial charge in [0, 0.05) is 31.0 Å². The average molecular weight is 367 g/mol. The lowest BCUT2D eigenvalue weighted by Crippen LogP contribution is -2.55.